The van der Waals surface area contributed by atoms with Crippen LogP contribution in [0.1, 0.15) is 31.4 Å². The van der Waals surface area contributed by atoms with E-state index in [1.807, 2.05) is 6.20 Å². The van der Waals surface area contributed by atoms with E-state index in [1.54, 1.807) is 6.20 Å². The normalized spacial score (nSPS) is 10.9. The van der Waals surface area contributed by atoms with Crippen LogP contribution in [0, 0.1) is 0 Å². The Morgan fingerprint density at radius 2 is 2.38 bits per heavy atom. The van der Waals surface area contributed by atoms with Gasteiger partial charge in [-0.3, -0.25) is 0 Å². The van der Waals surface area contributed by atoms with Gasteiger partial charge in [0.1, 0.15) is 11.6 Å². The molecule has 6 heteroatoms. The molecule has 2 heterocycles. The van der Waals surface area contributed by atoms with Crippen LogP contribution in [0.3, 0.4) is 0 Å². The maximum Gasteiger partial charge on any atom is 0.202 e. The van der Waals surface area contributed by atoms with Gasteiger partial charge in [0, 0.05) is 42.8 Å². The Labute approximate surface area is 98.5 Å². The van der Waals surface area contributed by atoms with E-state index < -0.39 is 0 Å². The maximum absolute atomic E-state index is 4.39. The Bertz CT molecular complexity index is 420. The maximum atomic E-state index is 4.39. The third-order valence-electron chi connectivity index (χ3n) is 2.15. The summed E-state index contributed by atoms with van der Waals surface area (Å²) in [6.45, 7) is 5.00. The molecule has 0 atom stereocenters. The van der Waals surface area contributed by atoms with Crippen molar-refractivity contribution < 1.29 is 0 Å². The van der Waals surface area contributed by atoms with E-state index in [-0.39, 0.29) is 0 Å². The monoisotopic (exact) mass is 237 g/mol. The van der Waals surface area contributed by atoms with Gasteiger partial charge in [-0.2, -0.15) is 4.37 Å². The number of anilines is 1. The van der Waals surface area contributed by atoms with E-state index in [0.717, 1.165) is 29.7 Å². The molecule has 0 radical (unpaired) electrons. The van der Waals surface area contributed by atoms with Crippen LogP contribution in [-0.2, 0) is 6.42 Å². The van der Waals surface area contributed by atoms with Crippen LogP contribution >= 0.6 is 11.5 Å². The highest BCUT2D eigenvalue weighted by Gasteiger charge is 2.06. The fraction of sp³-hybridized carbons (Fsp3) is 0.500. The Hall–Kier alpha value is -1.43. The van der Waals surface area contributed by atoms with Gasteiger partial charge in [-0.15, -0.1) is 0 Å². The van der Waals surface area contributed by atoms with E-state index in [1.165, 1.54) is 11.5 Å². The molecule has 0 aliphatic heterocycles. The van der Waals surface area contributed by atoms with Crippen LogP contribution in [0.2, 0.25) is 0 Å². The molecule has 2 aromatic heterocycles. The molecule has 0 aliphatic rings. The van der Waals surface area contributed by atoms with Crippen LogP contribution in [0.4, 0.5) is 5.13 Å². The average molecular weight is 237 g/mol. The van der Waals surface area contributed by atoms with Gasteiger partial charge in [-0.05, 0) is 0 Å². The van der Waals surface area contributed by atoms with E-state index in [4.69, 9.17) is 0 Å². The first kappa shape index (κ1) is 11.1. The Morgan fingerprint density at radius 1 is 1.50 bits per heavy atom. The zero-order valence-electron chi connectivity index (χ0n) is 9.40. The van der Waals surface area contributed by atoms with Crippen molar-refractivity contribution in [1.29, 1.82) is 0 Å². The summed E-state index contributed by atoms with van der Waals surface area (Å²) in [5, 5.41) is 4.13. The van der Waals surface area contributed by atoms with Crippen LogP contribution in [0.5, 0.6) is 0 Å². The van der Waals surface area contributed by atoms with Crippen molar-refractivity contribution in [3.05, 3.63) is 24.0 Å². The van der Waals surface area contributed by atoms with Gasteiger partial charge in [-0.1, -0.05) is 13.8 Å². The molecular formula is C10H15N5S. The molecule has 2 aromatic rings. The third kappa shape index (κ3) is 2.79. The van der Waals surface area contributed by atoms with Gasteiger partial charge in [0.05, 0.1) is 0 Å². The standard InChI is InChI=1S/C10H15N5S/c1-7(2)9-14-10(16-15-9)13-4-3-8-11-5-6-12-8/h5-7H,3-4H2,1-2H3,(H,11,12)(H,13,14,15). The molecule has 2 rings (SSSR count). The van der Waals surface area contributed by atoms with Gasteiger partial charge in [-0.25, -0.2) is 9.97 Å². The van der Waals surface area contributed by atoms with Crippen molar-refractivity contribution in [2.24, 2.45) is 0 Å². The largest absolute Gasteiger partial charge is 0.360 e. The molecule has 0 aromatic carbocycles. The molecule has 0 saturated heterocycles. The Morgan fingerprint density at radius 3 is 3.00 bits per heavy atom. The molecule has 86 valence electrons. The first-order valence-electron chi connectivity index (χ1n) is 5.31. The molecule has 0 saturated carbocycles. The highest BCUT2D eigenvalue weighted by atomic mass is 32.1. The molecule has 16 heavy (non-hydrogen) atoms. The number of aromatic nitrogens is 4. The summed E-state index contributed by atoms with van der Waals surface area (Å²) in [6.07, 6.45) is 4.46. The predicted molar refractivity (Wildman–Crippen MR) is 64.8 cm³/mol. The zero-order valence-corrected chi connectivity index (χ0v) is 10.2. The van der Waals surface area contributed by atoms with Gasteiger partial charge in [0.2, 0.25) is 5.13 Å². The van der Waals surface area contributed by atoms with Gasteiger partial charge in [0.25, 0.3) is 0 Å². The number of H-pyrrole nitrogens is 1. The minimum absolute atomic E-state index is 0.386. The molecular weight excluding hydrogens is 222 g/mol. The molecule has 0 aliphatic carbocycles. The molecule has 0 amide bonds. The lowest BCUT2D eigenvalue weighted by Gasteiger charge is -1.99. The topological polar surface area (TPSA) is 66.5 Å². The summed E-state index contributed by atoms with van der Waals surface area (Å²) in [7, 11) is 0. The number of hydrogen-bond donors (Lipinski definition) is 2. The number of nitrogens with zero attached hydrogens (tertiary/aromatic N) is 3. The van der Waals surface area contributed by atoms with E-state index in [0.29, 0.717) is 5.92 Å². The lowest BCUT2D eigenvalue weighted by atomic mass is 10.2. The van der Waals surface area contributed by atoms with E-state index in [2.05, 4.69) is 38.5 Å². The fourth-order valence-corrected chi connectivity index (χ4v) is 2.00. The molecule has 2 N–H and O–H groups in total. The second kappa shape index (κ2) is 5.07. The molecule has 0 spiro atoms. The Kier molecular flexibility index (Phi) is 3.51. The first-order valence-corrected chi connectivity index (χ1v) is 6.09. The summed E-state index contributed by atoms with van der Waals surface area (Å²) >= 11 is 1.41. The molecule has 5 nitrogen and oxygen atoms in total. The minimum Gasteiger partial charge on any atom is -0.360 e. The molecule has 0 unspecified atom stereocenters. The first-order chi connectivity index (χ1) is 7.75. The van der Waals surface area contributed by atoms with Crippen molar-refractivity contribution in [3.63, 3.8) is 0 Å². The molecule has 0 fully saturated rings. The fourth-order valence-electron chi connectivity index (χ4n) is 1.26. The average Bonchev–Trinajstić information content (AvgIpc) is 2.87. The smallest absolute Gasteiger partial charge is 0.202 e. The van der Waals surface area contributed by atoms with Crippen molar-refractivity contribution in [2.75, 3.05) is 11.9 Å². The SMILES string of the molecule is CC(C)c1nsc(NCCc2ncc[nH]2)n1. The quantitative estimate of drug-likeness (QED) is 0.835. The Balaban J connectivity index is 1.81. The second-order valence-electron chi connectivity index (χ2n) is 3.83. The highest BCUT2D eigenvalue weighted by Crippen LogP contribution is 2.16. The van der Waals surface area contributed by atoms with Crippen LogP contribution < -0.4 is 5.32 Å². The van der Waals surface area contributed by atoms with Crippen molar-refractivity contribution >= 4 is 16.7 Å². The number of nitrogens with one attached hydrogen (secondary N) is 2. The predicted octanol–water partition coefficient (Wildman–Crippen LogP) is 2.04. The highest BCUT2D eigenvalue weighted by molar-refractivity contribution is 7.09. The number of imidazole rings is 1. The van der Waals surface area contributed by atoms with Crippen LogP contribution in [-0.4, -0.2) is 25.9 Å². The van der Waals surface area contributed by atoms with E-state index in [9.17, 15) is 0 Å². The minimum atomic E-state index is 0.386. The zero-order chi connectivity index (χ0) is 11.4. The summed E-state index contributed by atoms with van der Waals surface area (Å²) in [4.78, 5) is 11.6. The van der Waals surface area contributed by atoms with E-state index >= 15 is 0 Å². The van der Waals surface area contributed by atoms with Crippen LogP contribution in [0.25, 0.3) is 0 Å². The van der Waals surface area contributed by atoms with Gasteiger partial charge < -0.3 is 10.3 Å². The lowest BCUT2D eigenvalue weighted by molar-refractivity contribution is 0.798. The summed E-state index contributed by atoms with van der Waals surface area (Å²) in [5.41, 5.74) is 0. The lowest BCUT2D eigenvalue weighted by Crippen LogP contribution is -2.05. The molecule has 0 bridgehead atoms. The number of aromatic amines is 1. The number of hydrogen-bond acceptors (Lipinski definition) is 5. The summed E-state index contributed by atoms with van der Waals surface area (Å²) in [6, 6.07) is 0. The third-order valence-corrected chi connectivity index (χ3v) is 2.84. The van der Waals surface area contributed by atoms with Crippen molar-refractivity contribution in [2.45, 2.75) is 26.2 Å². The second-order valence-corrected chi connectivity index (χ2v) is 4.58. The van der Waals surface area contributed by atoms with Gasteiger partial charge in [0.15, 0.2) is 0 Å². The van der Waals surface area contributed by atoms with Crippen molar-refractivity contribution in [3.8, 4) is 0 Å². The van der Waals surface area contributed by atoms with Gasteiger partial charge >= 0.3 is 0 Å². The van der Waals surface area contributed by atoms with Crippen LogP contribution in [0.15, 0.2) is 12.4 Å². The summed E-state index contributed by atoms with van der Waals surface area (Å²) < 4.78 is 4.28. The summed E-state index contributed by atoms with van der Waals surface area (Å²) in [5.74, 6) is 2.28. The number of rotatable bonds is 5. The van der Waals surface area contributed by atoms with Crippen molar-refractivity contribution in [1.82, 2.24) is 19.3 Å².